The Morgan fingerprint density at radius 3 is 2.31 bits per heavy atom. The Bertz CT molecular complexity index is 463. The Balaban J connectivity index is 1.97. The van der Waals surface area contributed by atoms with Crippen LogP contribution < -0.4 is 0 Å². The molecule has 0 heterocycles. The Labute approximate surface area is 99.6 Å². The van der Waals surface area contributed by atoms with Gasteiger partial charge in [0, 0.05) is 5.02 Å². The predicted octanol–water partition coefficient (Wildman–Crippen LogP) is 4.26. The molecular formula is C13H9ClN2. The van der Waals surface area contributed by atoms with E-state index in [-0.39, 0.29) is 0 Å². The van der Waals surface area contributed by atoms with E-state index in [1.54, 1.807) is 24.3 Å². The molecule has 3 heteroatoms. The highest BCUT2D eigenvalue weighted by Gasteiger charge is 1.92. The lowest BCUT2D eigenvalue weighted by atomic mass is 10.2. The minimum absolute atomic E-state index is 0.690. The molecule has 0 aliphatic carbocycles. The lowest BCUT2D eigenvalue weighted by molar-refractivity contribution is 1.46. The fourth-order valence-electron chi connectivity index (χ4n) is 1.16. The molecule has 0 N–H and O–H groups in total. The van der Waals surface area contributed by atoms with Gasteiger partial charge in [0.25, 0.3) is 0 Å². The van der Waals surface area contributed by atoms with Crippen LogP contribution >= 0.6 is 11.6 Å². The minimum Gasteiger partial charge on any atom is -0.553 e. The maximum atomic E-state index is 5.75. The summed E-state index contributed by atoms with van der Waals surface area (Å²) in [5, 5.41) is 4.56. The van der Waals surface area contributed by atoms with Crippen molar-refractivity contribution in [1.29, 1.82) is 0 Å². The zero-order valence-electron chi connectivity index (χ0n) is 8.47. The first-order chi connectivity index (χ1) is 7.84. The van der Waals surface area contributed by atoms with Crippen LogP contribution in [0.15, 0.2) is 59.7 Å². The molecule has 2 aromatic rings. The van der Waals surface area contributed by atoms with E-state index in [4.69, 9.17) is 11.6 Å². The molecule has 0 amide bonds. The van der Waals surface area contributed by atoms with Crippen molar-refractivity contribution in [2.24, 2.45) is 5.10 Å². The third kappa shape index (κ3) is 3.06. The summed E-state index contributed by atoms with van der Waals surface area (Å²) in [4.78, 5) is 0. The van der Waals surface area contributed by atoms with Crippen molar-refractivity contribution in [3.8, 4) is 0 Å². The second-order valence-electron chi connectivity index (χ2n) is 3.15. The van der Waals surface area contributed by atoms with Gasteiger partial charge in [-0.2, -0.15) is 0 Å². The molecule has 0 spiro atoms. The SMILES string of the molecule is Clc1ccc([N-]N=[C+]c2ccccc2)cc1. The molecule has 0 aliphatic rings. The average Bonchev–Trinajstić information content (AvgIpc) is 2.33. The molecule has 0 unspecified atom stereocenters. The van der Waals surface area contributed by atoms with Gasteiger partial charge < -0.3 is 5.43 Å². The van der Waals surface area contributed by atoms with Gasteiger partial charge in [0.2, 0.25) is 5.56 Å². The number of rotatable bonds is 3. The van der Waals surface area contributed by atoms with Crippen LogP contribution in [0.3, 0.4) is 0 Å². The van der Waals surface area contributed by atoms with Gasteiger partial charge >= 0.3 is 0 Å². The van der Waals surface area contributed by atoms with Crippen LogP contribution in [0.2, 0.25) is 5.02 Å². The monoisotopic (exact) mass is 228 g/mol. The Morgan fingerprint density at radius 1 is 0.938 bits per heavy atom. The summed E-state index contributed by atoms with van der Waals surface area (Å²) in [7, 11) is 0. The standard InChI is InChI=1S/C13H9ClN2/c14-12-6-8-13(9-7-12)16-15-10-11-4-2-1-3-5-11/h1-9H. The molecule has 0 aliphatic heterocycles. The van der Waals surface area contributed by atoms with E-state index in [0.29, 0.717) is 5.02 Å². The van der Waals surface area contributed by atoms with E-state index in [1.165, 1.54) is 0 Å². The van der Waals surface area contributed by atoms with Crippen LogP contribution in [0, 0.1) is 0 Å². The van der Waals surface area contributed by atoms with Crippen LogP contribution in [0.4, 0.5) is 5.69 Å². The lowest BCUT2D eigenvalue weighted by Crippen LogP contribution is -1.77. The molecule has 0 atom stereocenters. The number of hydrogen-bond acceptors (Lipinski definition) is 1. The average molecular weight is 229 g/mol. The van der Waals surface area contributed by atoms with Gasteiger partial charge in [0.15, 0.2) is 0 Å². The quantitative estimate of drug-likeness (QED) is 0.426. The van der Waals surface area contributed by atoms with Gasteiger partial charge in [0.1, 0.15) is 6.21 Å². The summed E-state index contributed by atoms with van der Waals surface area (Å²) < 4.78 is 0. The molecule has 0 aromatic heterocycles. The second-order valence-corrected chi connectivity index (χ2v) is 3.59. The van der Waals surface area contributed by atoms with Crippen molar-refractivity contribution in [3.63, 3.8) is 0 Å². The third-order valence-electron chi connectivity index (χ3n) is 1.94. The molecule has 0 fully saturated rings. The number of benzene rings is 2. The lowest BCUT2D eigenvalue weighted by Gasteiger charge is -2.11. The van der Waals surface area contributed by atoms with Crippen molar-refractivity contribution in [2.45, 2.75) is 0 Å². The van der Waals surface area contributed by atoms with Gasteiger partial charge in [-0.15, -0.1) is 5.69 Å². The van der Waals surface area contributed by atoms with E-state index in [9.17, 15) is 0 Å². The molecular weight excluding hydrogens is 220 g/mol. The predicted molar refractivity (Wildman–Crippen MR) is 67.5 cm³/mol. The summed E-state index contributed by atoms with van der Waals surface area (Å²) in [5.41, 5.74) is 5.66. The van der Waals surface area contributed by atoms with Crippen LogP contribution in [0.25, 0.3) is 5.43 Å². The maximum Gasteiger partial charge on any atom is 0.207 e. The first kappa shape index (κ1) is 10.6. The molecule has 0 saturated carbocycles. The molecule has 0 radical (unpaired) electrons. The van der Waals surface area contributed by atoms with Gasteiger partial charge in [-0.05, 0) is 30.3 Å². The highest BCUT2D eigenvalue weighted by atomic mass is 35.5. The third-order valence-corrected chi connectivity index (χ3v) is 2.20. The fraction of sp³-hybridized carbons (Fsp3) is 0. The molecule has 2 rings (SSSR count). The summed E-state index contributed by atoms with van der Waals surface area (Å²) in [6, 6.07) is 16.8. The number of hydrogen-bond donors (Lipinski definition) is 0. The van der Waals surface area contributed by atoms with Gasteiger partial charge in [-0.3, -0.25) is 0 Å². The van der Waals surface area contributed by atoms with Crippen LogP contribution in [0.1, 0.15) is 5.56 Å². The molecule has 16 heavy (non-hydrogen) atoms. The van der Waals surface area contributed by atoms with Gasteiger partial charge in [0.05, 0.1) is 12.1 Å². The zero-order chi connectivity index (χ0) is 11.2. The van der Waals surface area contributed by atoms with Crippen LogP contribution in [-0.2, 0) is 0 Å². The Hall–Kier alpha value is -1.89. The van der Waals surface area contributed by atoms with E-state index in [0.717, 1.165) is 11.3 Å². The summed E-state index contributed by atoms with van der Waals surface area (Å²) in [5.74, 6) is 0. The molecule has 2 nitrogen and oxygen atoms in total. The highest BCUT2D eigenvalue weighted by molar-refractivity contribution is 6.30. The summed E-state index contributed by atoms with van der Waals surface area (Å²) in [6.07, 6.45) is 2.83. The zero-order valence-corrected chi connectivity index (χ0v) is 9.22. The van der Waals surface area contributed by atoms with Gasteiger partial charge in [-0.25, -0.2) is 5.10 Å². The van der Waals surface area contributed by atoms with Crippen molar-refractivity contribution in [2.75, 3.05) is 0 Å². The number of nitrogens with zero attached hydrogens (tertiary/aromatic N) is 2. The molecule has 2 aromatic carbocycles. The Kier molecular flexibility index (Phi) is 3.50. The van der Waals surface area contributed by atoms with Crippen LogP contribution in [0.5, 0.6) is 0 Å². The topological polar surface area (TPSA) is 26.5 Å². The highest BCUT2D eigenvalue weighted by Crippen LogP contribution is 2.20. The van der Waals surface area contributed by atoms with Crippen molar-refractivity contribution >= 4 is 23.5 Å². The van der Waals surface area contributed by atoms with Gasteiger partial charge in [-0.1, -0.05) is 23.7 Å². The summed E-state index contributed by atoms with van der Waals surface area (Å²) in [6.45, 7) is 0. The summed E-state index contributed by atoms with van der Waals surface area (Å²) >= 11 is 5.75. The largest absolute Gasteiger partial charge is 0.553 e. The Morgan fingerprint density at radius 2 is 1.62 bits per heavy atom. The number of halogens is 1. The maximum absolute atomic E-state index is 5.75. The fourth-order valence-corrected chi connectivity index (χ4v) is 1.29. The van der Waals surface area contributed by atoms with E-state index in [2.05, 4.69) is 16.7 Å². The van der Waals surface area contributed by atoms with Crippen LogP contribution in [-0.4, -0.2) is 6.21 Å². The van der Waals surface area contributed by atoms with Crippen molar-refractivity contribution in [1.82, 2.24) is 0 Å². The van der Waals surface area contributed by atoms with Crippen molar-refractivity contribution in [3.05, 3.63) is 70.6 Å². The van der Waals surface area contributed by atoms with Crippen molar-refractivity contribution < 1.29 is 0 Å². The second kappa shape index (κ2) is 5.26. The first-order valence-electron chi connectivity index (χ1n) is 4.82. The van der Waals surface area contributed by atoms with E-state index in [1.807, 2.05) is 30.3 Å². The molecule has 0 bridgehead atoms. The minimum atomic E-state index is 0.690. The van der Waals surface area contributed by atoms with E-state index < -0.39 is 0 Å². The molecule has 0 saturated heterocycles. The molecule has 78 valence electrons. The van der Waals surface area contributed by atoms with E-state index >= 15 is 0 Å². The normalized spacial score (nSPS) is 10.1. The smallest absolute Gasteiger partial charge is 0.207 e. The first-order valence-corrected chi connectivity index (χ1v) is 5.20.